The fourth-order valence-corrected chi connectivity index (χ4v) is 1.52. The Morgan fingerprint density at radius 2 is 2.00 bits per heavy atom. The van der Waals surface area contributed by atoms with Crippen molar-refractivity contribution < 1.29 is 14.6 Å². The molecule has 2 aromatic rings. The Hall–Kier alpha value is -3.10. The van der Waals surface area contributed by atoms with Gasteiger partial charge in [0.05, 0.1) is 20.4 Å². The van der Waals surface area contributed by atoms with E-state index < -0.39 is 5.56 Å². The second kappa shape index (κ2) is 6.37. The highest BCUT2D eigenvalue weighted by molar-refractivity contribution is 5.82. The molecule has 0 saturated heterocycles. The van der Waals surface area contributed by atoms with Crippen LogP contribution in [0, 0.1) is 0 Å². The summed E-state index contributed by atoms with van der Waals surface area (Å²) in [5.74, 6) is 0.521. The molecule has 3 N–H and O–H groups in total. The third-order valence-corrected chi connectivity index (χ3v) is 2.46. The maximum Gasteiger partial charge on any atom is 0.271 e. The van der Waals surface area contributed by atoms with Gasteiger partial charge in [-0.3, -0.25) is 9.78 Å². The molecule has 0 amide bonds. The number of hydrogen-bond donors (Lipinski definition) is 3. The molecule has 110 valence electrons. The van der Waals surface area contributed by atoms with Crippen LogP contribution in [0.25, 0.3) is 0 Å². The van der Waals surface area contributed by atoms with Crippen LogP contribution in [-0.4, -0.2) is 40.7 Å². The van der Waals surface area contributed by atoms with E-state index in [9.17, 15) is 9.90 Å². The monoisotopic (exact) mass is 291 g/mol. The summed E-state index contributed by atoms with van der Waals surface area (Å²) in [4.78, 5) is 13.4. The van der Waals surface area contributed by atoms with Crippen molar-refractivity contribution in [3.05, 3.63) is 34.2 Å². The van der Waals surface area contributed by atoms with E-state index in [1.54, 1.807) is 12.1 Å². The van der Waals surface area contributed by atoms with Crippen LogP contribution in [0.1, 0.15) is 5.56 Å². The fourth-order valence-electron chi connectivity index (χ4n) is 1.52. The first-order chi connectivity index (χ1) is 10.1. The second-order valence-electron chi connectivity index (χ2n) is 3.83. The number of hydrazone groups is 1. The molecule has 0 bridgehead atoms. The average molecular weight is 291 g/mol. The van der Waals surface area contributed by atoms with Crippen LogP contribution in [0.2, 0.25) is 0 Å². The topological polar surface area (TPSA) is 122 Å². The lowest BCUT2D eigenvalue weighted by Crippen LogP contribution is -2.10. The third-order valence-electron chi connectivity index (χ3n) is 2.46. The molecule has 2 rings (SSSR count). The van der Waals surface area contributed by atoms with Crippen LogP contribution in [0.15, 0.2) is 28.2 Å². The highest BCUT2D eigenvalue weighted by atomic mass is 16.5. The summed E-state index contributed by atoms with van der Waals surface area (Å²) in [7, 11) is 2.86. The maximum atomic E-state index is 11.0. The third kappa shape index (κ3) is 3.47. The number of hydrogen-bond acceptors (Lipinski definition) is 8. The molecule has 1 heterocycles. The highest BCUT2D eigenvalue weighted by Crippen LogP contribution is 2.36. The average Bonchev–Trinajstić information content (AvgIpc) is 2.48. The number of phenolic OH excluding ortho intramolecular Hbond substituents is 1. The van der Waals surface area contributed by atoms with Gasteiger partial charge in [-0.2, -0.15) is 5.10 Å². The zero-order valence-corrected chi connectivity index (χ0v) is 11.3. The molecular weight excluding hydrogens is 278 g/mol. The molecule has 0 radical (unpaired) electrons. The predicted octanol–water partition coefficient (Wildman–Crippen LogP) is 0.334. The summed E-state index contributed by atoms with van der Waals surface area (Å²) < 4.78 is 10.1. The summed E-state index contributed by atoms with van der Waals surface area (Å²) in [5.41, 5.74) is 2.74. The van der Waals surface area contributed by atoms with Gasteiger partial charge in [0.25, 0.3) is 5.56 Å². The first kappa shape index (κ1) is 14.3. The lowest BCUT2D eigenvalue weighted by Gasteiger charge is -2.09. The van der Waals surface area contributed by atoms with E-state index in [2.05, 4.69) is 25.7 Å². The van der Waals surface area contributed by atoms with Crippen molar-refractivity contribution in [2.24, 2.45) is 5.10 Å². The largest absolute Gasteiger partial charge is 0.502 e. The number of phenols is 1. The van der Waals surface area contributed by atoms with Crippen LogP contribution in [0.5, 0.6) is 17.2 Å². The number of anilines is 1. The normalized spacial score (nSPS) is 10.6. The van der Waals surface area contributed by atoms with Crippen LogP contribution in [0.3, 0.4) is 0 Å². The van der Waals surface area contributed by atoms with E-state index in [0.717, 1.165) is 6.20 Å². The van der Waals surface area contributed by atoms with Crippen molar-refractivity contribution in [3.63, 3.8) is 0 Å². The van der Waals surface area contributed by atoms with Gasteiger partial charge in [-0.15, -0.1) is 10.2 Å². The lowest BCUT2D eigenvalue weighted by atomic mass is 10.2. The Morgan fingerprint density at radius 1 is 1.33 bits per heavy atom. The standard InChI is InChI=1S/C12H13N5O4/c1-20-8-3-7(4-9(21-2)11(8)19)5-13-16-12-15-10(18)6-14-17-12/h3-6,19H,1-2H3,(H2,15,16,17,18). The molecule has 0 aliphatic heterocycles. The van der Waals surface area contributed by atoms with Gasteiger partial charge in [0, 0.05) is 5.56 Å². The first-order valence-electron chi connectivity index (χ1n) is 5.80. The van der Waals surface area contributed by atoms with E-state index >= 15 is 0 Å². The molecule has 9 heteroatoms. The summed E-state index contributed by atoms with van der Waals surface area (Å²) in [6.07, 6.45) is 2.49. The smallest absolute Gasteiger partial charge is 0.271 e. The van der Waals surface area contributed by atoms with Gasteiger partial charge in [0.2, 0.25) is 11.7 Å². The Morgan fingerprint density at radius 3 is 2.57 bits per heavy atom. The van der Waals surface area contributed by atoms with Crippen LogP contribution >= 0.6 is 0 Å². The van der Waals surface area contributed by atoms with Gasteiger partial charge in [0.15, 0.2) is 11.5 Å². The summed E-state index contributed by atoms with van der Waals surface area (Å²) in [5, 5.41) is 20.8. The number of benzene rings is 1. The number of methoxy groups -OCH3 is 2. The van der Waals surface area contributed by atoms with Crippen LogP contribution < -0.4 is 20.5 Å². The zero-order chi connectivity index (χ0) is 15.2. The lowest BCUT2D eigenvalue weighted by molar-refractivity contribution is 0.340. The second-order valence-corrected chi connectivity index (χ2v) is 3.83. The number of aromatic hydroxyl groups is 1. The van der Waals surface area contributed by atoms with Crippen molar-refractivity contribution in [3.8, 4) is 17.2 Å². The molecule has 1 aromatic carbocycles. The quantitative estimate of drug-likeness (QED) is 0.536. The SMILES string of the molecule is COc1cc(C=NNc2nncc(=O)[nH]2)cc(OC)c1O. The van der Waals surface area contributed by atoms with Gasteiger partial charge in [-0.1, -0.05) is 0 Å². The molecule has 0 fully saturated rings. The van der Waals surface area contributed by atoms with E-state index in [1.807, 2.05) is 0 Å². The van der Waals surface area contributed by atoms with Crippen LogP contribution in [-0.2, 0) is 0 Å². The molecule has 21 heavy (non-hydrogen) atoms. The molecule has 0 saturated carbocycles. The first-order valence-corrected chi connectivity index (χ1v) is 5.80. The number of rotatable bonds is 5. The summed E-state index contributed by atoms with van der Waals surface area (Å²) in [6, 6.07) is 3.14. The fraction of sp³-hybridized carbons (Fsp3) is 0.167. The van der Waals surface area contributed by atoms with E-state index in [0.29, 0.717) is 5.56 Å². The minimum atomic E-state index is -0.393. The van der Waals surface area contributed by atoms with Gasteiger partial charge in [0.1, 0.15) is 6.20 Å². The number of aromatic nitrogens is 3. The molecule has 1 aromatic heterocycles. The highest BCUT2D eigenvalue weighted by Gasteiger charge is 2.10. The van der Waals surface area contributed by atoms with Crippen LogP contribution in [0.4, 0.5) is 5.95 Å². The minimum absolute atomic E-state index is 0.0941. The Labute approximate surface area is 119 Å². The van der Waals surface area contributed by atoms with Gasteiger partial charge in [-0.25, -0.2) is 5.43 Å². The van der Waals surface area contributed by atoms with Gasteiger partial charge in [-0.05, 0) is 12.1 Å². The Balaban J connectivity index is 2.19. The maximum absolute atomic E-state index is 11.0. The number of H-pyrrole nitrogens is 1. The Bertz CT molecular complexity index is 688. The molecule has 0 aliphatic rings. The van der Waals surface area contributed by atoms with Crippen molar-refractivity contribution in [2.45, 2.75) is 0 Å². The van der Waals surface area contributed by atoms with Gasteiger partial charge < -0.3 is 14.6 Å². The Kier molecular flexibility index (Phi) is 4.34. The van der Waals surface area contributed by atoms with Gasteiger partial charge >= 0.3 is 0 Å². The van der Waals surface area contributed by atoms with E-state index in [1.165, 1.54) is 20.4 Å². The zero-order valence-electron chi connectivity index (χ0n) is 11.3. The molecule has 0 aliphatic carbocycles. The van der Waals surface area contributed by atoms with E-state index in [-0.39, 0.29) is 23.2 Å². The van der Waals surface area contributed by atoms with Crippen molar-refractivity contribution in [1.82, 2.24) is 15.2 Å². The summed E-state index contributed by atoms with van der Waals surface area (Å²) in [6.45, 7) is 0. The number of nitrogens with zero attached hydrogens (tertiary/aromatic N) is 3. The molecule has 0 atom stereocenters. The summed E-state index contributed by atoms with van der Waals surface area (Å²) >= 11 is 0. The minimum Gasteiger partial charge on any atom is -0.502 e. The number of aromatic amines is 1. The molecule has 0 unspecified atom stereocenters. The predicted molar refractivity (Wildman–Crippen MR) is 75.1 cm³/mol. The number of nitrogens with one attached hydrogen (secondary N) is 2. The molecule has 9 nitrogen and oxygen atoms in total. The van der Waals surface area contributed by atoms with Crippen molar-refractivity contribution in [1.29, 1.82) is 0 Å². The molecular formula is C12H13N5O4. The van der Waals surface area contributed by atoms with Crippen molar-refractivity contribution in [2.75, 3.05) is 19.6 Å². The van der Waals surface area contributed by atoms with Crippen molar-refractivity contribution >= 4 is 12.2 Å². The van der Waals surface area contributed by atoms with E-state index in [4.69, 9.17) is 9.47 Å². The number of ether oxygens (including phenoxy) is 2. The molecule has 0 spiro atoms.